The molecule has 0 aliphatic heterocycles. The number of anilines is 2. The molecule has 0 saturated carbocycles. The summed E-state index contributed by atoms with van der Waals surface area (Å²) in [7, 11) is 1.93. The van der Waals surface area contributed by atoms with Crippen molar-refractivity contribution in [3.8, 4) is 0 Å². The number of oxazole rings is 1. The number of H-pyrrole nitrogens is 1. The van der Waals surface area contributed by atoms with Crippen molar-refractivity contribution in [2.75, 3.05) is 11.9 Å². The minimum absolute atomic E-state index is 0.447. The summed E-state index contributed by atoms with van der Waals surface area (Å²) in [6, 6.07) is 7.54. The summed E-state index contributed by atoms with van der Waals surface area (Å²) in [4.78, 5) is 20.2. The van der Waals surface area contributed by atoms with E-state index in [2.05, 4.69) is 25.9 Å². The smallest absolute Gasteiger partial charge is 0.408 e. The van der Waals surface area contributed by atoms with Crippen LogP contribution in [-0.2, 0) is 0 Å². The lowest BCUT2D eigenvalue weighted by Crippen LogP contribution is -2.12. The van der Waals surface area contributed by atoms with Crippen molar-refractivity contribution in [1.29, 1.82) is 0 Å². The second-order valence-corrected chi connectivity index (χ2v) is 5.46. The number of nitrogens with zero attached hydrogens (tertiary/aromatic N) is 2. The molecule has 2 aromatic heterocycles. The number of hydrogen-bond acceptors (Lipinski definition) is 4. The lowest BCUT2D eigenvalue weighted by Gasteiger charge is -2.20. The number of nitrogens with one attached hydrogen (secondary N) is 1. The molecule has 1 N–H and O–H groups in total. The number of rotatable bonds is 2. The average molecular weight is 334 g/mol. The largest absolute Gasteiger partial charge is 0.417 e. The fourth-order valence-electron chi connectivity index (χ4n) is 2.16. The van der Waals surface area contributed by atoms with Gasteiger partial charge in [-0.2, -0.15) is 0 Å². The Morgan fingerprint density at radius 2 is 2.15 bits per heavy atom. The molecule has 0 radical (unpaired) electrons. The number of aromatic nitrogens is 2. The van der Waals surface area contributed by atoms with Crippen LogP contribution in [0, 0.1) is 6.92 Å². The number of aromatic amines is 1. The van der Waals surface area contributed by atoms with Gasteiger partial charge in [0.15, 0.2) is 5.58 Å². The molecule has 0 bridgehead atoms. The van der Waals surface area contributed by atoms with Gasteiger partial charge < -0.3 is 9.32 Å². The molecule has 0 aliphatic carbocycles. The molecule has 0 amide bonds. The fraction of sp³-hybridized carbons (Fsp3) is 0.143. The van der Waals surface area contributed by atoms with Crippen LogP contribution in [0.5, 0.6) is 0 Å². The van der Waals surface area contributed by atoms with Crippen LogP contribution < -0.4 is 10.7 Å². The number of pyridine rings is 1. The van der Waals surface area contributed by atoms with Crippen molar-refractivity contribution >= 4 is 38.5 Å². The van der Waals surface area contributed by atoms with E-state index in [1.54, 1.807) is 12.3 Å². The molecule has 102 valence electrons. The number of fused-ring (bicyclic) bond motifs is 1. The zero-order valence-corrected chi connectivity index (χ0v) is 12.6. The van der Waals surface area contributed by atoms with Crippen LogP contribution in [0.4, 0.5) is 11.5 Å². The van der Waals surface area contributed by atoms with Gasteiger partial charge in [0, 0.05) is 23.4 Å². The molecule has 3 aromatic rings. The molecule has 0 aliphatic rings. The Morgan fingerprint density at radius 1 is 1.35 bits per heavy atom. The zero-order chi connectivity index (χ0) is 14.3. The first-order chi connectivity index (χ1) is 9.54. The lowest BCUT2D eigenvalue weighted by molar-refractivity contribution is 0.555. The van der Waals surface area contributed by atoms with Crippen molar-refractivity contribution < 1.29 is 4.42 Å². The maximum Gasteiger partial charge on any atom is 0.417 e. The van der Waals surface area contributed by atoms with Gasteiger partial charge in [0.1, 0.15) is 5.82 Å². The van der Waals surface area contributed by atoms with Crippen molar-refractivity contribution in [3.05, 3.63) is 51.0 Å². The van der Waals surface area contributed by atoms with E-state index in [0.717, 1.165) is 21.5 Å². The number of hydrogen-bond donors (Lipinski definition) is 1. The van der Waals surface area contributed by atoms with Crippen LogP contribution in [0.2, 0.25) is 0 Å². The summed E-state index contributed by atoms with van der Waals surface area (Å²) in [5.74, 6) is 0.413. The van der Waals surface area contributed by atoms with E-state index >= 15 is 0 Å². The van der Waals surface area contributed by atoms with Gasteiger partial charge in [-0.1, -0.05) is 0 Å². The monoisotopic (exact) mass is 333 g/mol. The maximum absolute atomic E-state index is 11.2. The molecule has 6 heteroatoms. The SMILES string of the molecule is Cc1cc(Br)cnc1N(C)c1ccc2oc(=O)[nH]c2c1. The molecule has 20 heavy (non-hydrogen) atoms. The molecule has 0 fully saturated rings. The van der Waals surface area contributed by atoms with Gasteiger partial charge in [0.2, 0.25) is 0 Å². The minimum Gasteiger partial charge on any atom is -0.408 e. The van der Waals surface area contributed by atoms with Crippen molar-refractivity contribution in [2.24, 2.45) is 0 Å². The second-order valence-electron chi connectivity index (χ2n) is 4.55. The van der Waals surface area contributed by atoms with Crippen molar-refractivity contribution in [2.45, 2.75) is 6.92 Å². The molecular formula is C14H12BrN3O2. The van der Waals surface area contributed by atoms with E-state index in [1.165, 1.54) is 0 Å². The molecule has 0 unspecified atom stereocenters. The number of halogens is 1. The Morgan fingerprint density at radius 3 is 2.90 bits per heavy atom. The summed E-state index contributed by atoms with van der Waals surface area (Å²) < 4.78 is 5.94. The van der Waals surface area contributed by atoms with Gasteiger partial charge >= 0.3 is 5.76 Å². The van der Waals surface area contributed by atoms with E-state index in [4.69, 9.17) is 4.42 Å². The predicted molar refractivity (Wildman–Crippen MR) is 81.6 cm³/mol. The molecule has 3 rings (SSSR count). The van der Waals surface area contributed by atoms with Gasteiger partial charge in [0.05, 0.1) is 5.52 Å². The van der Waals surface area contributed by atoms with Gasteiger partial charge in [-0.25, -0.2) is 9.78 Å². The van der Waals surface area contributed by atoms with E-state index in [-0.39, 0.29) is 0 Å². The minimum atomic E-state index is -0.447. The summed E-state index contributed by atoms with van der Waals surface area (Å²) in [6.07, 6.45) is 1.76. The maximum atomic E-state index is 11.2. The standard InChI is InChI=1S/C14H12BrN3O2/c1-8-5-9(15)7-16-13(8)18(2)10-3-4-12-11(6-10)17-14(19)20-12/h3-7H,1-2H3,(H,17,19). The van der Waals surface area contributed by atoms with Gasteiger partial charge in [0.25, 0.3) is 0 Å². The molecule has 0 atom stereocenters. The highest BCUT2D eigenvalue weighted by Crippen LogP contribution is 2.28. The topological polar surface area (TPSA) is 62.1 Å². The third-order valence-electron chi connectivity index (χ3n) is 3.12. The fourth-order valence-corrected chi connectivity index (χ4v) is 2.60. The second kappa shape index (κ2) is 4.79. The molecule has 0 saturated heterocycles. The Bertz CT molecular complexity index is 838. The average Bonchev–Trinajstić information content (AvgIpc) is 2.77. The van der Waals surface area contributed by atoms with Crippen LogP contribution in [0.3, 0.4) is 0 Å². The van der Waals surface area contributed by atoms with Gasteiger partial charge in [-0.15, -0.1) is 0 Å². The van der Waals surface area contributed by atoms with E-state index in [0.29, 0.717) is 11.1 Å². The van der Waals surface area contributed by atoms with Crippen LogP contribution >= 0.6 is 15.9 Å². The summed E-state index contributed by atoms with van der Waals surface area (Å²) in [6.45, 7) is 2.00. The first kappa shape index (κ1) is 12.9. The van der Waals surface area contributed by atoms with Crippen LogP contribution in [-0.4, -0.2) is 17.0 Å². The van der Waals surface area contributed by atoms with E-state index in [9.17, 15) is 4.79 Å². The molecule has 2 heterocycles. The molecular weight excluding hydrogens is 322 g/mol. The first-order valence-corrected chi connectivity index (χ1v) is 6.82. The predicted octanol–water partition coefficient (Wildman–Crippen LogP) is 3.35. The summed E-state index contributed by atoms with van der Waals surface area (Å²) in [5.41, 5.74) is 3.21. The molecule has 5 nitrogen and oxygen atoms in total. The normalized spacial score (nSPS) is 10.9. The van der Waals surface area contributed by atoms with Crippen LogP contribution in [0.25, 0.3) is 11.1 Å². The highest BCUT2D eigenvalue weighted by Gasteiger charge is 2.11. The highest BCUT2D eigenvalue weighted by atomic mass is 79.9. The summed E-state index contributed by atoms with van der Waals surface area (Å²) in [5, 5.41) is 0. The van der Waals surface area contributed by atoms with Crippen LogP contribution in [0.15, 0.2) is 44.1 Å². The number of aryl methyl sites for hydroxylation is 1. The van der Waals surface area contributed by atoms with Crippen molar-refractivity contribution in [1.82, 2.24) is 9.97 Å². The lowest BCUT2D eigenvalue weighted by atomic mass is 10.2. The Balaban J connectivity index is 2.06. The summed E-state index contributed by atoms with van der Waals surface area (Å²) >= 11 is 3.40. The van der Waals surface area contributed by atoms with Gasteiger partial charge in [-0.3, -0.25) is 4.98 Å². The van der Waals surface area contributed by atoms with E-state index in [1.807, 2.05) is 37.1 Å². The van der Waals surface area contributed by atoms with Crippen molar-refractivity contribution in [3.63, 3.8) is 0 Å². The Labute approximate surface area is 123 Å². The van der Waals surface area contributed by atoms with Gasteiger partial charge in [-0.05, 0) is 52.7 Å². The molecule has 1 aromatic carbocycles. The quantitative estimate of drug-likeness (QED) is 0.781. The van der Waals surface area contributed by atoms with E-state index < -0.39 is 5.76 Å². The molecule has 0 spiro atoms. The number of benzene rings is 1. The zero-order valence-electron chi connectivity index (χ0n) is 11.0. The Kier molecular flexibility index (Phi) is 3.10. The Hall–Kier alpha value is -2.08. The highest BCUT2D eigenvalue weighted by molar-refractivity contribution is 9.10. The third-order valence-corrected chi connectivity index (χ3v) is 3.56. The third kappa shape index (κ3) is 2.22. The first-order valence-electron chi connectivity index (χ1n) is 6.03. The van der Waals surface area contributed by atoms with Crippen LogP contribution in [0.1, 0.15) is 5.56 Å².